The minimum Gasteiger partial charge on any atom is -0.455 e. The molecule has 0 saturated carbocycles. The molecule has 8 heterocycles. The molecular weight excluding hydrogens is 837 g/mol. The number of pyridine rings is 4. The van der Waals surface area contributed by atoms with E-state index in [4.69, 9.17) is 33.2 Å². The number of hydrogen-bond donors (Lipinski definition) is 0. The summed E-state index contributed by atoms with van der Waals surface area (Å²) in [5, 5.41) is 12.8. The maximum atomic E-state index is 7.05. The highest BCUT2D eigenvalue weighted by atomic mass is 32.1. The lowest BCUT2D eigenvalue weighted by molar-refractivity contribution is 0.666. The van der Waals surface area contributed by atoms with Gasteiger partial charge < -0.3 is 13.3 Å². The van der Waals surface area contributed by atoms with Gasteiger partial charge in [-0.1, -0.05) is 103 Å². The molecule has 0 aliphatic carbocycles. The van der Waals surface area contributed by atoms with E-state index in [0.29, 0.717) is 0 Å². The Hall–Kier alpha value is -8.24. The predicted molar refractivity (Wildman–Crippen MR) is 267 cm³/mol. The van der Waals surface area contributed by atoms with Gasteiger partial charge in [0.1, 0.15) is 16.7 Å². The molecule has 0 spiro atoms. The van der Waals surface area contributed by atoms with Gasteiger partial charge in [0.05, 0.1) is 39.1 Å². The third-order valence-electron chi connectivity index (χ3n) is 13.0. The Bertz CT molecular complexity index is 3940. The van der Waals surface area contributed by atoms with Crippen molar-refractivity contribution >= 4 is 126 Å². The number of furan rings is 3. The first-order chi connectivity index (χ1) is 32.2. The van der Waals surface area contributed by atoms with Crippen molar-refractivity contribution in [3.63, 3.8) is 0 Å². The van der Waals surface area contributed by atoms with Gasteiger partial charge in [-0.15, -0.1) is 11.3 Å². The van der Waals surface area contributed by atoms with Crippen molar-refractivity contribution in [3.05, 3.63) is 195 Å². The van der Waals surface area contributed by atoms with E-state index in [1.54, 1.807) is 11.3 Å². The number of fused-ring (bicyclic) bond motifs is 12. The Kier molecular flexibility index (Phi) is 7.74. The van der Waals surface area contributed by atoms with Gasteiger partial charge in [0.15, 0.2) is 16.7 Å². The second-order valence-electron chi connectivity index (χ2n) is 16.5. The summed E-state index contributed by atoms with van der Waals surface area (Å²) >= 11 is 1.79. The van der Waals surface area contributed by atoms with Gasteiger partial charge in [0, 0.05) is 71.3 Å². The summed E-state index contributed by atoms with van der Waals surface area (Å²) in [6.07, 6.45) is 7.58. The monoisotopic (exact) mass is 868 g/mol. The van der Waals surface area contributed by atoms with E-state index >= 15 is 0 Å². The van der Waals surface area contributed by atoms with Gasteiger partial charge in [-0.3, -0.25) is 19.9 Å². The van der Waals surface area contributed by atoms with Gasteiger partial charge in [-0.05, 0) is 77.1 Å². The van der Waals surface area contributed by atoms with Crippen molar-refractivity contribution in [3.8, 4) is 22.5 Å². The molecular formula is C56H32N4O3SSi. The van der Waals surface area contributed by atoms with Crippen LogP contribution in [-0.4, -0.2) is 28.0 Å². The molecule has 65 heavy (non-hydrogen) atoms. The minimum absolute atomic E-state index is 0.763. The summed E-state index contributed by atoms with van der Waals surface area (Å²) < 4.78 is 21.6. The van der Waals surface area contributed by atoms with Gasteiger partial charge >= 0.3 is 0 Å². The molecule has 0 N–H and O–H groups in total. The molecule has 0 bridgehead atoms. The molecule has 0 radical (unpaired) electrons. The van der Waals surface area contributed by atoms with Crippen LogP contribution in [0.1, 0.15) is 0 Å². The summed E-state index contributed by atoms with van der Waals surface area (Å²) in [6, 6.07) is 59.4. The average molecular weight is 869 g/mol. The van der Waals surface area contributed by atoms with Crippen LogP contribution < -0.4 is 21.0 Å². The molecule has 0 saturated heterocycles. The van der Waals surface area contributed by atoms with Crippen LogP contribution in [0.2, 0.25) is 0 Å². The van der Waals surface area contributed by atoms with E-state index in [2.05, 4.69) is 133 Å². The fourth-order valence-electron chi connectivity index (χ4n) is 10.0. The van der Waals surface area contributed by atoms with Gasteiger partial charge in [-0.25, -0.2) is 0 Å². The second-order valence-corrected chi connectivity index (χ2v) is 21.2. The standard InChI is InChI=1S/C56H32N4O3SSi/c1-3-11-35(12-4-1)65(36-13-5-2-6-14-36,55-53-39(23-25-57-55)41-27-33(19-21-49(41)63-53)45-29-42-37-15-7-9-17-47(37)61-50(42)31-59-45)56-54-40(24-26-58-56)44-28-34(20-22-52(44)64-54)46-30-43-38-16-8-10-18-48(38)62-51(43)32-60-46/h1-32H. The Morgan fingerprint density at radius 2 is 0.892 bits per heavy atom. The van der Waals surface area contributed by atoms with Crippen LogP contribution in [0.25, 0.3) is 109 Å². The maximum Gasteiger partial charge on any atom is 0.230 e. The molecule has 8 aromatic heterocycles. The molecule has 0 amide bonds. The van der Waals surface area contributed by atoms with Crippen LogP contribution in [0, 0.1) is 0 Å². The number of nitrogens with zero attached hydrogens (tertiary/aromatic N) is 4. The topological polar surface area (TPSA) is 91.0 Å². The molecule has 6 aromatic carbocycles. The number of benzene rings is 6. The predicted octanol–water partition coefficient (Wildman–Crippen LogP) is 12.0. The minimum atomic E-state index is -3.36. The molecule has 0 aliphatic rings. The van der Waals surface area contributed by atoms with Crippen LogP contribution in [0.15, 0.2) is 208 Å². The highest BCUT2D eigenvalue weighted by Crippen LogP contribution is 2.39. The fraction of sp³-hybridized carbons (Fsp3) is 0. The molecule has 14 rings (SSSR count). The quantitative estimate of drug-likeness (QED) is 0.154. The SMILES string of the molecule is c1ccc([Si](c2ccccc2)(c2nccc3c2oc2ccc(-c4cc5c(cn4)oc4ccccc45)cc23)c2nccc3c2sc2ccc(-c4cc5c(cn4)oc4ccccc45)cc23)cc1. The van der Waals surface area contributed by atoms with Crippen LogP contribution in [0.4, 0.5) is 0 Å². The van der Waals surface area contributed by atoms with E-state index in [0.717, 1.165) is 114 Å². The van der Waals surface area contributed by atoms with Crippen LogP contribution in [0.5, 0.6) is 0 Å². The van der Waals surface area contributed by atoms with Crippen LogP contribution in [0.3, 0.4) is 0 Å². The maximum absolute atomic E-state index is 7.05. The Morgan fingerprint density at radius 1 is 0.369 bits per heavy atom. The lowest BCUT2D eigenvalue weighted by Gasteiger charge is -2.32. The number of rotatable bonds is 6. The van der Waals surface area contributed by atoms with Crippen molar-refractivity contribution in [2.45, 2.75) is 0 Å². The molecule has 0 fully saturated rings. The van der Waals surface area contributed by atoms with E-state index in [9.17, 15) is 0 Å². The zero-order valence-electron chi connectivity index (χ0n) is 34.4. The first-order valence-electron chi connectivity index (χ1n) is 21.5. The van der Waals surface area contributed by atoms with Crippen molar-refractivity contribution in [2.75, 3.05) is 0 Å². The Morgan fingerprint density at radius 3 is 1.54 bits per heavy atom. The molecule has 304 valence electrons. The number of para-hydroxylation sites is 2. The highest BCUT2D eigenvalue weighted by molar-refractivity contribution is 7.30. The van der Waals surface area contributed by atoms with Crippen LogP contribution >= 0.6 is 11.3 Å². The molecule has 14 aromatic rings. The van der Waals surface area contributed by atoms with Crippen molar-refractivity contribution in [2.24, 2.45) is 0 Å². The summed E-state index contributed by atoms with van der Waals surface area (Å²) in [5.74, 6) is 0. The lowest BCUT2D eigenvalue weighted by Crippen LogP contribution is -2.76. The first kappa shape index (κ1) is 36.3. The summed E-state index contributed by atoms with van der Waals surface area (Å²) in [4.78, 5) is 20.6. The first-order valence-corrected chi connectivity index (χ1v) is 24.3. The van der Waals surface area contributed by atoms with Crippen molar-refractivity contribution in [1.82, 2.24) is 19.9 Å². The number of aromatic nitrogens is 4. The summed E-state index contributed by atoms with van der Waals surface area (Å²) in [6.45, 7) is 0. The van der Waals surface area contributed by atoms with E-state index < -0.39 is 8.07 Å². The van der Waals surface area contributed by atoms with Crippen molar-refractivity contribution in [1.29, 1.82) is 0 Å². The van der Waals surface area contributed by atoms with Crippen molar-refractivity contribution < 1.29 is 13.3 Å². The molecule has 0 unspecified atom stereocenters. The van der Waals surface area contributed by atoms with E-state index in [1.807, 2.05) is 61.2 Å². The van der Waals surface area contributed by atoms with Gasteiger partial charge in [0.25, 0.3) is 0 Å². The average Bonchev–Trinajstić information content (AvgIpc) is 4.15. The molecule has 7 nitrogen and oxygen atoms in total. The van der Waals surface area contributed by atoms with E-state index in [1.165, 1.54) is 15.1 Å². The highest BCUT2D eigenvalue weighted by Gasteiger charge is 2.48. The molecule has 0 atom stereocenters. The number of thiophene rings is 1. The largest absolute Gasteiger partial charge is 0.455 e. The van der Waals surface area contributed by atoms with Gasteiger partial charge in [-0.2, -0.15) is 0 Å². The zero-order chi connectivity index (χ0) is 42.6. The Labute approximate surface area is 374 Å². The number of hydrogen-bond acceptors (Lipinski definition) is 8. The van der Waals surface area contributed by atoms with Gasteiger partial charge in [0.2, 0.25) is 8.07 Å². The zero-order valence-corrected chi connectivity index (χ0v) is 36.2. The molecule has 9 heteroatoms. The third kappa shape index (κ3) is 5.34. The normalized spacial score (nSPS) is 12.3. The lowest BCUT2D eigenvalue weighted by atomic mass is 10.1. The molecule has 0 aliphatic heterocycles. The van der Waals surface area contributed by atoms with E-state index in [-0.39, 0.29) is 0 Å². The smallest absolute Gasteiger partial charge is 0.230 e. The second kappa shape index (κ2) is 13.9. The fourth-order valence-corrected chi connectivity index (χ4v) is 16.3. The third-order valence-corrected chi connectivity index (χ3v) is 18.9. The van der Waals surface area contributed by atoms with Crippen LogP contribution in [-0.2, 0) is 0 Å². The summed E-state index contributed by atoms with van der Waals surface area (Å²) in [7, 11) is -3.36. The Balaban J connectivity index is 0.993. The summed E-state index contributed by atoms with van der Waals surface area (Å²) in [5.41, 5.74) is 8.59.